The van der Waals surface area contributed by atoms with Crippen molar-refractivity contribution in [2.24, 2.45) is 0 Å². The monoisotopic (exact) mass is 721 g/mol. The Bertz CT molecular complexity index is 1090. The normalized spacial score (nSPS) is 14.6. The lowest BCUT2D eigenvalue weighted by atomic mass is 10.1. The molecule has 0 bridgehead atoms. The molecular formula is C40H68NO8P. The van der Waals surface area contributed by atoms with Crippen molar-refractivity contribution < 1.29 is 42.1 Å². The summed E-state index contributed by atoms with van der Waals surface area (Å²) in [5.74, 6) is -0.894. The molecule has 0 aliphatic heterocycles. The van der Waals surface area contributed by atoms with Crippen molar-refractivity contribution in [2.75, 3.05) is 47.5 Å². The number of hydrogen-bond donors (Lipinski definition) is 0. The Balaban J connectivity index is 4.54. The van der Waals surface area contributed by atoms with Crippen molar-refractivity contribution in [3.63, 3.8) is 0 Å². The summed E-state index contributed by atoms with van der Waals surface area (Å²) in [6, 6.07) is 0. The highest BCUT2D eigenvalue weighted by atomic mass is 31.2. The second-order valence-electron chi connectivity index (χ2n) is 13.3. The molecule has 0 aromatic carbocycles. The van der Waals surface area contributed by atoms with Crippen LogP contribution >= 0.6 is 7.82 Å². The van der Waals surface area contributed by atoms with E-state index in [1.807, 2.05) is 57.6 Å². The first-order chi connectivity index (χ1) is 24.0. The summed E-state index contributed by atoms with van der Waals surface area (Å²) in [6.07, 6.45) is 37.9. The molecule has 0 aliphatic carbocycles. The Labute approximate surface area is 304 Å². The largest absolute Gasteiger partial charge is 0.756 e. The quantitative estimate of drug-likeness (QED) is 0.0222. The number of ether oxygens (including phenoxy) is 2. The molecule has 2 unspecified atom stereocenters. The summed E-state index contributed by atoms with van der Waals surface area (Å²) in [5.41, 5.74) is 0. The molecule has 0 aliphatic rings. The number of likely N-dealkylation sites (N-methyl/N-ethyl adjacent to an activating group) is 1. The second kappa shape index (κ2) is 32.4. The zero-order valence-corrected chi connectivity index (χ0v) is 32.7. The van der Waals surface area contributed by atoms with Gasteiger partial charge in [-0.25, -0.2) is 0 Å². The van der Waals surface area contributed by atoms with Crippen LogP contribution in [0.2, 0.25) is 0 Å². The van der Waals surface area contributed by atoms with Crippen LogP contribution in [0.4, 0.5) is 0 Å². The van der Waals surface area contributed by atoms with Crippen molar-refractivity contribution >= 4 is 19.8 Å². The fourth-order valence-electron chi connectivity index (χ4n) is 4.42. The van der Waals surface area contributed by atoms with Gasteiger partial charge in [-0.2, -0.15) is 0 Å². The van der Waals surface area contributed by atoms with Gasteiger partial charge >= 0.3 is 11.9 Å². The molecule has 0 radical (unpaired) electrons. The Morgan fingerprint density at radius 2 is 1.08 bits per heavy atom. The van der Waals surface area contributed by atoms with Gasteiger partial charge in [-0.05, 0) is 51.4 Å². The van der Waals surface area contributed by atoms with E-state index < -0.39 is 32.5 Å². The van der Waals surface area contributed by atoms with E-state index in [-0.39, 0.29) is 26.1 Å². The van der Waals surface area contributed by atoms with Gasteiger partial charge < -0.3 is 27.9 Å². The van der Waals surface area contributed by atoms with E-state index in [2.05, 4.69) is 50.3 Å². The van der Waals surface area contributed by atoms with E-state index in [0.717, 1.165) is 77.0 Å². The fourth-order valence-corrected chi connectivity index (χ4v) is 5.15. The number of hydrogen-bond acceptors (Lipinski definition) is 8. The molecule has 286 valence electrons. The highest BCUT2D eigenvalue weighted by Gasteiger charge is 2.21. The molecule has 2 atom stereocenters. The molecule has 0 aromatic rings. The van der Waals surface area contributed by atoms with E-state index >= 15 is 0 Å². The summed E-state index contributed by atoms with van der Waals surface area (Å²) in [5, 5.41) is 0. The molecule has 10 heteroatoms. The zero-order valence-electron chi connectivity index (χ0n) is 31.8. The molecule has 0 heterocycles. The third kappa shape index (κ3) is 35.3. The number of unbranched alkanes of at least 4 members (excludes halogenated alkanes) is 10. The average Bonchev–Trinajstić information content (AvgIpc) is 3.06. The van der Waals surface area contributed by atoms with Crippen molar-refractivity contribution in [3.05, 3.63) is 72.9 Å². The maximum Gasteiger partial charge on any atom is 0.306 e. The van der Waals surface area contributed by atoms with Gasteiger partial charge in [0.25, 0.3) is 7.82 Å². The van der Waals surface area contributed by atoms with Crippen LogP contribution in [0, 0.1) is 0 Å². The van der Waals surface area contributed by atoms with Crippen LogP contribution in [-0.2, 0) is 32.7 Å². The van der Waals surface area contributed by atoms with Gasteiger partial charge in [-0.1, -0.05) is 125 Å². The third-order valence-electron chi connectivity index (χ3n) is 7.34. The van der Waals surface area contributed by atoms with Crippen molar-refractivity contribution in [1.82, 2.24) is 0 Å². The highest BCUT2D eigenvalue weighted by Crippen LogP contribution is 2.38. The molecule has 0 fully saturated rings. The predicted octanol–water partition coefficient (Wildman–Crippen LogP) is 9.27. The van der Waals surface area contributed by atoms with Crippen LogP contribution in [0.1, 0.15) is 117 Å². The van der Waals surface area contributed by atoms with E-state index in [0.29, 0.717) is 23.9 Å². The SMILES string of the molecule is CC/C=C/C=C/C=C/CCCCCCCC(=O)OCC(COP(=O)([O-])OCC[N+](C)(C)C)OC(=O)CCCCCCC/C=C/C=C/C=C/CC. The number of nitrogens with zero attached hydrogens (tertiary/aromatic N) is 1. The van der Waals surface area contributed by atoms with Gasteiger partial charge in [0.05, 0.1) is 27.7 Å². The standard InChI is InChI=1S/C40H68NO8P/c1-6-8-10-12-14-16-18-20-22-24-26-28-30-32-39(42)46-36-38(37-48-50(44,45)47-35-34-41(3,4)5)49-40(43)33-31-29-27-25-23-21-19-17-15-13-11-9-7-2/h8-19,38H,6-7,20-37H2,1-5H3/b10-8+,11-9+,14-12+,15-13+,18-16+,19-17+. The molecule has 0 saturated carbocycles. The molecule has 0 saturated heterocycles. The molecular weight excluding hydrogens is 653 g/mol. The van der Waals surface area contributed by atoms with Crippen LogP contribution in [-0.4, -0.2) is 70.0 Å². The summed E-state index contributed by atoms with van der Waals surface area (Å²) in [4.78, 5) is 37.3. The summed E-state index contributed by atoms with van der Waals surface area (Å²) < 4.78 is 33.7. The van der Waals surface area contributed by atoms with E-state index in [1.165, 1.54) is 0 Å². The lowest BCUT2D eigenvalue weighted by Gasteiger charge is -2.28. The van der Waals surface area contributed by atoms with E-state index in [1.54, 1.807) is 0 Å². The highest BCUT2D eigenvalue weighted by molar-refractivity contribution is 7.45. The molecule has 0 amide bonds. The smallest absolute Gasteiger partial charge is 0.306 e. The molecule has 0 rings (SSSR count). The van der Waals surface area contributed by atoms with Crippen LogP contribution in [0.25, 0.3) is 0 Å². The van der Waals surface area contributed by atoms with Crippen molar-refractivity contribution in [1.29, 1.82) is 0 Å². The van der Waals surface area contributed by atoms with Gasteiger partial charge in [-0.3, -0.25) is 14.2 Å². The van der Waals surface area contributed by atoms with E-state index in [4.69, 9.17) is 18.5 Å². The summed E-state index contributed by atoms with van der Waals surface area (Å²) >= 11 is 0. The Morgan fingerprint density at radius 1 is 0.620 bits per heavy atom. The number of phosphoric acid groups is 1. The number of allylic oxidation sites excluding steroid dienone is 12. The summed E-state index contributed by atoms with van der Waals surface area (Å²) in [7, 11) is 1.12. The van der Waals surface area contributed by atoms with Crippen LogP contribution in [0.5, 0.6) is 0 Å². The third-order valence-corrected chi connectivity index (χ3v) is 8.31. The topological polar surface area (TPSA) is 111 Å². The second-order valence-corrected chi connectivity index (χ2v) is 14.7. The Hall–Kier alpha value is -2.55. The van der Waals surface area contributed by atoms with Crippen molar-refractivity contribution in [2.45, 2.75) is 123 Å². The summed E-state index contributed by atoms with van der Waals surface area (Å²) in [6.45, 7) is 3.86. The first-order valence-electron chi connectivity index (χ1n) is 18.7. The number of carbonyl (C=O) groups is 2. The van der Waals surface area contributed by atoms with Crippen molar-refractivity contribution in [3.8, 4) is 0 Å². The number of esters is 2. The first kappa shape index (κ1) is 47.4. The lowest BCUT2D eigenvalue weighted by Crippen LogP contribution is -2.37. The molecule has 0 aromatic heterocycles. The maximum absolute atomic E-state index is 12.6. The number of carbonyl (C=O) groups excluding carboxylic acids is 2. The minimum atomic E-state index is -4.63. The van der Waals surface area contributed by atoms with Gasteiger partial charge in [-0.15, -0.1) is 0 Å². The van der Waals surface area contributed by atoms with Crippen LogP contribution in [0.15, 0.2) is 72.9 Å². The number of rotatable bonds is 32. The van der Waals surface area contributed by atoms with Gasteiger partial charge in [0.2, 0.25) is 0 Å². The Kier molecular flexibility index (Phi) is 30.7. The van der Waals surface area contributed by atoms with E-state index in [9.17, 15) is 19.0 Å². The fraction of sp³-hybridized carbons (Fsp3) is 0.650. The average molecular weight is 722 g/mol. The van der Waals surface area contributed by atoms with Gasteiger partial charge in [0.1, 0.15) is 19.8 Å². The minimum absolute atomic E-state index is 0.0430. The molecule has 0 N–H and O–H groups in total. The zero-order chi connectivity index (χ0) is 37.2. The van der Waals surface area contributed by atoms with Crippen LogP contribution < -0.4 is 4.89 Å². The predicted molar refractivity (Wildman–Crippen MR) is 203 cm³/mol. The van der Waals surface area contributed by atoms with Gasteiger partial charge in [0, 0.05) is 12.8 Å². The minimum Gasteiger partial charge on any atom is -0.756 e. The molecule has 9 nitrogen and oxygen atoms in total. The van der Waals surface area contributed by atoms with Crippen LogP contribution in [0.3, 0.4) is 0 Å². The lowest BCUT2D eigenvalue weighted by molar-refractivity contribution is -0.870. The maximum atomic E-state index is 12.6. The molecule has 0 spiro atoms. The van der Waals surface area contributed by atoms with Gasteiger partial charge in [0.15, 0.2) is 6.10 Å². The number of phosphoric ester groups is 1. The Morgan fingerprint density at radius 3 is 1.58 bits per heavy atom. The number of quaternary nitrogens is 1. The first-order valence-corrected chi connectivity index (χ1v) is 20.2. The molecule has 50 heavy (non-hydrogen) atoms.